The number of likely N-dealkylation sites (tertiary alicyclic amines) is 1. The van der Waals surface area contributed by atoms with Crippen LogP contribution in [-0.2, 0) is 4.79 Å². The topological polar surface area (TPSA) is 29.5 Å². The Kier molecular flexibility index (Phi) is 3.44. The highest BCUT2D eigenvalue weighted by Crippen LogP contribution is 2.19. The first-order valence-corrected chi connectivity index (χ1v) is 5.81. The van der Waals surface area contributed by atoms with Gasteiger partial charge in [-0.1, -0.05) is 25.1 Å². The highest BCUT2D eigenvalue weighted by atomic mass is 16.5. The summed E-state index contributed by atoms with van der Waals surface area (Å²) in [6, 6.07) is 9.54. The number of ether oxygens (including phenoxy) is 1. The summed E-state index contributed by atoms with van der Waals surface area (Å²) in [5.41, 5.74) is 0. The molecule has 0 aliphatic carbocycles. The van der Waals surface area contributed by atoms with Crippen molar-refractivity contribution in [2.75, 3.05) is 13.1 Å². The highest BCUT2D eigenvalue weighted by Gasteiger charge is 2.32. The fourth-order valence-electron chi connectivity index (χ4n) is 1.97. The van der Waals surface area contributed by atoms with Crippen molar-refractivity contribution in [1.29, 1.82) is 0 Å². The Morgan fingerprint density at radius 1 is 1.38 bits per heavy atom. The van der Waals surface area contributed by atoms with Gasteiger partial charge in [0.05, 0.1) is 0 Å². The second kappa shape index (κ2) is 5.01. The molecule has 1 atom stereocenters. The van der Waals surface area contributed by atoms with Gasteiger partial charge in [-0.15, -0.1) is 0 Å². The molecule has 1 aromatic carbocycles. The highest BCUT2D eigenvalue weighted by molar-refractivity contribution is 5.83. The number of carbonyl (C=O) groups excluding carboxylic acids is 1. The Labute approximate surface area is 96.0 Å². The molecule has 1 aliphatic rings. The Bertz CT molecular complexity index is 350. The van der Waals surface area contributed by atoms with Gasteiger partial charge in [0.1, 0.15) is 5.75 Å². The van der Waals surface area contributed by atoms with E-state index in [0.717, 1.165) is 31.7 Å². The summed E-state index contributed by atoms with van der Waals surface area (Å²) in [6.45, 7) is 3.75. The first-order valence-electron chi connectivity index (χ1n) is 5.81. The van der Waals surface area contributed by atoms with Crippen LogP contribution >= 0.6 is 0 Å². The van der Waals surface area contributed by atoms with E-state index < -0.39 is 0 Å². The third-order valence-corrected chi connectivity index (χ3v) is 2.76. The van der Waals surface area contributed by atoms with E-state index in [2.05, 4.69) is 6.92 Å². The van der Waals surface area contributed by atoms with Crippen LogP contribution in [0.3, 0.4) is 0 Å². The van der Waals surface area contributed by atoms with Crippen molar-refractivity contribution in [3.05, 3.63) is 30.3 Å². The number of amides is 1. The zero-order valence-corrected chi connectivity index (χ0v) is 9.56. The lowest BCUT2D eigenvalue weighted by Gasteiger charge is -2.16. The van der Waals surface area contributed by atoms with Crippen LogP contribution in [0.4, 0.5) is 0 Å². The molecule has 0 spiro atoms. The third-order valence-electron chi connectivity index (χ3n) is 2.76. The molecule has 86 valence electrons. The first kappa shape index (κ1) is 11.0. The molecule has 1 fully saturated rings. The maximum absolute atomic E-state index is 11.9. The van der Waals surface area contributed by atoms with E-state index >= 15 is 0 Å². The minimum absolute atomic E-state index is 0.130. The molecular formula is C13H17NO2. The smallest absolute Gasteiger partial charge is 0.263 e. The molecule has 1 heterocycles. The van der Waals surface area contributed by atoms with Crippen LogP contribution in [0.25, 0.3) is 0 Å². The van der Waals surface area contributed by atoms with Gasteiger partial charge in [0.15, 0.2) is 6.10 Å². The fraction of sp³-hybridized carbons (Fsp3) is 0.462. The molecule has 1 unspecified atom stereocenters. The summed E-state index contributed by atoms with van der Waals surface area (Å²) in [4.78, 5) is 13.8. The summed E-state index contributed by atoms with van der Waals surface area (Å²) in [7, 11) is 0. The maximum atomic E-state index is 11.9. The van der Waals surface area contributed by atoms with Gasteiger partial charge < -0.3 is 9.64 Å². The van der Waals surface area contributed by atoms with Gasteiger partial charge in [0.2, 0.25) is 0 Å². The van der Waals surface area contributed by atoms with Crippen molar-refractivity contribution in [2.24, 2.45) is 0 Å². The molecule has 16 heavy (non-hydrogen) atoms. The molecular weight excluding hydrogens is 202 g/mol. The van der Waals surface area contributed by atoms with Crippen LogP contribution in [0.15, 0.2) is 30.3 Å². The number of carbonyl (C=O) groups is 1. The summed E-state index contributed by atoms with van der Waals surface area (Å²) >= 11 is 0. The molecule has 0 saturated carbocycles. The molecule has 2 rings (SSSR count). The molecule has 0 aromatic heterocycles. The summed E-state index contributed by atoms with van der Waals surface area (Å²) in [5, 5.41) is 0. The van der Waals surface area contributed by atoms with Crippen LogP contribution in [-0.4, -0.2) is 30.0 Å². The number of rotatable bonds is 4. The van der Waals surface area contributed by atoms with Gasteiger partial charge in [0, 0.05) is 19.5 Å². The van der Waals surface area contributed by atoms with Gasteiger partial charge in [-0.3, -0.25) is 4.79 Å². The lowest BCUT2D eigenvalue weighted by atomic mass is 10.3. The number of para-hydroxylation sites is 1. The predicted molar refractivity (Wildman–Crippen MR) is 62.3 cm³/mol. The van der Waals surface area contributed by atoms with Crippen molar-refractivity contribution in [1.82, 2.24) is 4.90 Å². The number of hydrogen-bond acceptors (Lipinski definition) is 2. The molecule has 0 bridgehead atoms. The predicted octanol–water partition coefficient (Wildman–Crippen LogP) is 2.08. The van der Waals surface area contributed by atoms with Crippen LogP contribution in [0.5, 0.6) is 5.75 Å². The second-order valence-corrected chi connectivity index (χ2v) is 4.03. The Balaban J connectivity index is 1.95. The number of hydrogen-bond donors (Lipinski definition) is 0. The molecule has 1 aliphatic heterocycles. The van der Waals surface area contributed by atoms with Crippen LogP contribution in [0.1, 0.15) is 19.8 Å². The number of nitrogens with zero attached hydrogens (tertiary/aromatic N) is 1. The average Bonchev–Trinajstić information content (AvgIpc) is 2.64. The monoisotopic (exact) mass is 219 g/mol. The van der Waals surface area contributed by atoms with Gasteiger partial charge in [-0.25, -0.2) is 0 Å². The van der Waals surface area contributed by atoms with Crippen molar-refractivity contribution < 1.29 is 9.53 Å². The van der Waals surface area contributed by atoms with Gasteiger partial charge in [0.25, 0.3) is 5.91 Å². The fourth-order valence-corrected chi connectivity index (χ4v) is 1.97. The van der Waals surface area contributed by atoms with Crippen LogP contribution in [0.2, 0.25) is 0 Å². The van der Waals surface area contributed by atoms with E-state index in [0.29, 0.717) is 0 Å². The van der Waals surface area contributed by atoms with E-state index in [9.17, 15) is 4.79 Å². The van der Waals surface area contributed by atoms with Crippen molar-refractivity contribution >= 4 is 5.91 Å². The van der Waals surface area contributed by atoms with Gasteiger partial charge in [-0.2, -0.15) is 0 Å². The Hall–Kier alpha value is -1.51. The normalized spacial score (nSPS) is 20.2. The first-order chi connectivity index (χ1) is 7.81. The Morgan fingerprint density at radius 2 is 2.12 bits per heavy atom. The summed E-state index contributed by atoms with van der Waals surface area (Å²) in [6.07, 6.45) is 1.52. The van der Waals surface area contributed by atoms with E-state index in [1.54, 1.807) is 0 Å². The molecule has 3 heteroatoms. The minimum atomic E-state index is -0.283. The summed E-state index contributed by atoms with van der Waals surface area (Å²) in [5.74, 6) is 0.907. The van der Waals surface area contributed by atoms with Gasteiger partial charge in [-0.05, 0) is 18.6 Å². The van der Waals surface area contributed by atoms with E-state index in [-0.39, 0.29) is 12.0 Å². The molecule has 1 saturated heterocycles. The zero-order chi connectivity index (χ0) is 11.4. The summed E-state index contributed by atoms with van der Waals surface area (Å²) < 4.78 is 5.67. The van der Waals surface area contributed by atoms with E-state index in [1.165, 1.54) is 0 Å². The SMILES string of the molecule is CCCN1CCC(Oc2ccccc2)C1=O. The largest absolute Gasteiger partial charge is 0.481 e. The maximum Gasteiger partial charge on any atom is 0.263 e. The molecule has 0 radical (unpaired) electrons. The molecule has 0 N–H and O–H groups in total. The van der Waals surface area contributed by atoms with Crippen molar-refractivity contribution in [3.63, 3.8) is 0 Å². The lowest BCUT2D eigenvalue weighted by Crippen LogP contribution is -2.32. The molecule has 1 amide bonds. The van der Waals surface area contributed by atoms with E-state index in [4.69, 9.17) is 4.74 Å². The van der Waals surface area contributed by atoms with Crippen LogP contribution in [0, 0.1) is 0 Å². The molecule has 3 nitrogen and oxygen atoms in total. The Morgan fingerprint density at radius 3 is 2.81 bits per heavy atom. The lowest BCUT2D eigenvalue weighted by molar-refractivity contribution is -0.133. The third kappa shape index (κ3) is 2.35. The second-order valence-electron chi connectivity index (χ2n) is 4.03. The van der Waals surface area contributed by atoms with Crippen molar-refractivity contribution in [2.45, 2.75) is 25.9 Å². The van der Waals surface area contributed by atoms with Crippen molar-refractivity contribution in [3.8, 4) is 5.75 Å². The van der Waals surface area contributed by atoms with Gasteiger partial charge >= 0.3 is 0 Å². The van der Waals surface area contributed by atoms with E-state index in [1.807, 2.05) is 35.2 Å². The average molecular weight is 219 g/mol. The molecule has 1 aromatic rings. The minimum Gasteiger partial charge on any atom is -0.481 e. The zero-order valence-electron chi connectivity index (χ0n) is 9.56. The quantitative estimate of drug-likeness (QED) is 0.776. The van der Waals surface area contributed by atoms with Crippen LogP contribution < -0.4 is 4.74 Å². The standard InChI is InChI=1S/C13H17NO2/c1-2-9-14-10-8-12(13(14)15)16-11-6-4-3-5-7-11/h3-7,12H,2,8-10H2,1H3. The number of benzene rings is 1.